The maximum Gasteiger partial charge on any atom is 0.311 e. The summed E-state index contributed by atoms with van der Waals surface area (Å²) in [6.07, 6.45) is 0. The molecule has 0 saturated carbocycles. The number of phenolic OH excluding ortho intramolecular Hbond substituents is 1. The number of aromatic hydroxyl groups is 1. The monoisotopic (exact) mass is 198 g/mol. The lowest BCUT2D eigenvalue weighted by Gasteiger charge is -2.07. The van der Waals surface area contributed by atoms with Crippen LogP contribution in [0.2, 0.25) is 0 Å². The zero-order chi connectivity index (χ0) is 10.7. The van der Waals surface area contributed by atoms with Gasteiger partial charge in [0.2, 0.25) is 0 Å². The van der Waals surface area contributed by atoms with E-state index in [1.54, 1.807) is 0 Å². The third kappa shape index (κ3) is 1.98. The summed E-state index contributed by atoms with van der Waals surface area (Å²) in [5, 5.41) is 28.3. The first kappa shape index (κ1) is 10.4. The largest absolute Gasteiger partial charge is 0.502 e. The minimum absolute atomic E-state index is 0.304. The minimum atomic E-state index is -0.705. The van der Waals surface area contributed by atoms with Crippen molar-refractivity contribution < 1.29 is 15.1 Å². The van der Waals surface area contributed by atoms with E-state index in [2.05, 4.69) is 0 Å². The second-order valence-electron chi connectivity index (χ2n) is 2.79. The molecular formula is C8H10N2O4. The van der Waals surface area contributed by atoms with Crippen molar-refractivity contribution in [2.24, 2.45) is 5.73 Å². The lowest BCUT2D eigenvalue weighted by molar-refractivity contribution is -0.385. The topological polar surface area (TPSA) is 110 Å². The highest BCUT2D eigenvalue weighted by Crippen LogP contribution is 2.27. The van der Waals surface area contributed by atoms with Gasteiger partial charge >= 0.3 is 5.69 Å². The molecule has 0 aliphatic carbocycles. The molecule has 0 fully saturated rings. The Balaban J connectivity index is 3.12. The first-order valence-corrected chi connectivity index (χ1v) is 3.90. The lowest BCUT2D eigenvalue weighted by Crippen LogP contribution is -2.14. The molecule has 1 atom stereocenters. The Hall–Kier alpha value is -1.66. The van der Waals surface area contributed by atoms with Gasteiger partial charge in [-0.3, -0.25) is 10.1 Å². The summed E-state index contributed by atoms with van der Waals surface area (Å²) < 4.78 is 0. The molecule has 4 N–H and O–H groups in total. The zero-order valence-electron chi connectivity index (χ0n) is 7.25. The Morgan fingerprint density at radius 3 is 2.71 bits per heavy atom. The number of aliphatic hydroxyl groups is 1. The number of hydrogen-bond donors (Lipinski definition) is 3. The van der Waals surface area contributed by atoms with Gasteiger partial charge in [0.1, 0.15) is 0 Å². The van der Waals surface area contributed by atoms with Crippen molar-refractivity contribution >= 4 is 5.69 Å². The summed E-state index contributed by atoms with van der Waals surface area (Å²) in [4.78, 5) is 9.72. The van der Waals surface area contributed by atoms with Crippen LogP contribution in [0.1, 0.15) is 11.6 Å². The Morgan fingerprint density at radius 1 is 1.57 bits per heavy atom. The number of nitro benzene ring substituents is 1. The molecule has 0 radical (unpaired) electrons. The van der Waals surface area contributed by atoms with Crippen molar-refractivity contribution in [3.05, 3.63) is 33.9 Å². The van der Waals surface area contributed by atoms with Crippen molar-refractivity contribution in [1.29, 1.82) is 0 Å². The van der Waals surface area contributed by atoms with Crippen LogP contribution in [0.25, 0.3) is 0 Å². The van der Waals surface area contributed by atoms with Crippen LogP contribution in [0.3, 0.4) is 0 Å². The number of hydrogen-bond acceptors (Lipinski definition) is 5. The quantitative estimate of drug-likeness (QED) is 0.477. The molecular weight excluding hydrogens is 188 g/mol. The van der Waals surface area contributed by atoms with E-state index < -0.39 is 22.4 Å². The average molecular weight is 198 g/mol. The molecule has 0 aliphatic heterocycles. The number of aliphatic hydroxyl groups excluding tert-OH is 1. The predicted octanol–water partition coefficient (Wildman–Crippen LogP) is 0.292. The molecule has 0 aliphatic rings. The van der Waals surface area contributed by atoms with Crippen LogP contribution in [0.4, 0.5) is 5.69 Å². The van der Waals surface area contributed by atoms with Gasteiger partial charge in [-0.05, 0) is 11.6 Å². The Kier molecular flexibility index (Phi) is 3.00. The second kappa shape index (κ2) is 4.03. The molecule has 0 heterocycles. The number of nitro groups is 1. The van der Waals surface area contributed by atoms with Gasteiger partial charge in [0.05, 0.1) is 17.6 Å². The summed E-state index contributed by atoms with van der Waals surface area (Å²) in [6.45, 7) is -0.304. The van der Waals surface area contributed by atoms with Crippen LogP contribution in [-0.4, -0.2) is 21.7 Å². The van der Waals surface area contributed by atoms with Crippen LogP contribution in [0.15, 0.2) is 18.2 Å². The van der Waals surface area contributed by atoms with E-state index in [1.165, 1.54) is 12.1 Å². The minimum Gasteiger partial charge on any atom is -0.502 e. The highest BCUT2D eigenvalue weighted by atomic mass is 16.6. The molecule has 6 heteroatoms. The maximum atomic E-state index is 10.4. The van der Waals surface area contributed by atoms with Crippen LogP contribution >= 0.6 is 0 Å². The molecule has 1 aromatic rings. The Morgan fingerprint density at radius 2 is 2.21 bits per heavy atom. The first-order chi connectivity index (χ1) is 6.56. The van der Waals surface area contributed by atoms with E-state index >= 15 is 0 Å². The zero-order valence-corrected chi connectivity index (χ0v) is 7.25. The standard InChI is InChI=1S/C8H10N2O4/c9-6(4-11)5-1-2-8(12)7(3-5)10(13)14/h1-3,6,11-12H,4,9H2/t6-/m0/s1. The lowest BCUT2D eigenvalue weighted by atomic mass is 10.1. The number of phenols is 1. The summed E-state index contributed by atoms with van der Waals surface area (Å²) in [5.41, 5.74) is 5.46. The van der Waals surface area contributed by atoms with Gasteiger partial charge in [0, 0.05) is 6.07 Å². The molecule has 0 spiro atoms. The van der Waals surface area contributed by atoms with Crippen LogP contribution < -0.4 is 5.73 Å². The first-order valence-electron chi connectivity index (χ1n) is 3.90. The van der Waals surface area contributed by atoms with Gasteiger partial charge in [-0.15, -0.1) is 0 Å². The van der Waals surface area contributed by atoms with E-state index in [0.29, 0.717) is 5.56 Å². The highest BCUT2D eigenvalue weighted by Gasteiger charge is 2.15. The summed E-state index contributed by atoms with van der Waals surface area (Å²) in [7, 11) is 0. The molecule has 0 saturated heterocycles. The summed E-state index contributed by atoms with van der Waals surface area (Å²) in [5.74, 6) is -0.413. The fourth-order valence-corrected chi connectivity index (χ4v) is 1.02. The molecule has 0 unspecified atom stereocenters. The van der Waals surface area contributed by atoms with Gasteiger partial charge in [0.25, 0.3) is 0 Å². The Labute approximate surface area is 79.7 Å². The highest BCUT2D eigenvalue weighted by molar-refractivity contribution is 5.48. The van der Waals surface area contributed by atoms with Gasteiger partial charge < -0.3 is 15.9 Å². The smallest absolute Gasteiger partial charge is 0.311 e. The Bertz CT molecular complexity index is 353. The van der Waals surface area contributed by atoms with Crippen molar-refractivity contribution in [2.75, 3.05) is 6.61 Å². The van der Waals surface area contributed by atoms with Crippen LogP contribution in [0, 0.1) is 10.1 Å². The van der Waals surface area contributed by atoms with Gasteiger partial charge in [-0.2, -0.15) is 0 Å². The fourth-order valence-electron chi connectivity index (χ4n) is 1.02. The van der Waals surface area contributed by atoms with Gasteiger partial charge in [0.15, 0.2) is 5.75 Å². The number of benzene rings is 1. The van der Waals surface area contributed by atoms with E-state index in [4.69, 9.17) is 15.9 Å². The second-order valence-corrected chi connectivity index (χ2v) is 2.79. The predicted molar refractivity (Wildman–Crippen MR) is 48.8 cm³/mol. The van der Waals surface area contributed by atoms with E-state index in [1.807, 2.05) is 0 Å². The van der Waals surface area contributed by atoms with E-state index in [9.17, 15) is 10.1 Å². The molecule has 6 nitrogen and oxygen atoms in total. The van der Waals surface area contributed by atoms with Crippen LogP contribution in [0.5, 0.6) is 5.75 Å². The summed E-state index contributed by atoms with van der Waals surface area (Å²) in [6, 6.07) is 3.09. The average Bonchev–Trinajstić information content (AvgIpc) is 2.17. The van der Waals surface area contributed by atoms with Crippen molar-refractivity contribution in [3.63, 3.8) is 0 Å². The third-order valence-electron chi connectivity index (χ3n) is 1.82. The molecule has 14 heavy (non-hydrogen) atoms. The number of nitrogens with zero attached hydrogens (tertiary/aromatic N) is 1. The molecule has 0 amide bonds. The van der Waals surface area contributed by atoms with Gasteiger partial charge in [-0.1, -0.05) is 6.07 Å². The third-order valence-corrected chi connectivity index (χ3v) is 1.82. The molecule has 1 aromatic carbocycles. The van der Waals surface area contributed by atoms with Crippen molar-refractivity contribution in [1.82, 2.24) is 0 Å². The molecule has 0 bridgehead atoms. The normalized spacial score (nSPS) is 12.4. The van der Waals surface area contributed by atoms with Gasteiger partial charge in [-0.25, -0.2) is 0 Å². The summed E-state index contributed by atoms with van der Waals surface area (Å²) >= 11 is 0. The molecule has 0 aromatic heterocycles. The molecule has 1 rings (SSSR count). The number of rotatable bonds is 3. The maximum absolute atomic E-state index is 10.4. The van der Waals surface area contributed by atoms with Crippen molar-refractivity contribution in [2.45, 2.75) is 6.04 Å². The number of nitrogens with two attached hydrogens (primary N) is 1. The fraction of sp³-hybridized carbons (Fsp3) is 0.250. The molecule has 76 valence electrons. The van der Waals surface area contributed by atoms with E-state index in [-0.39, 0.29) is 6.61 Å². The SMILES string of the molecule is N[C@@H](CO)c1ccc(O)c([N+](=O)[O-])c1. The van der Waals surface area contributed by atoms with Crippen molar-refractivity contribution in [3.8, 4) is 5.75 Å². The van der Waals surface area contributed by atoms with Crippen LogP contribution in [-0.2, 0) is 0 Å². The van der Waals surface area contributed by atoms with E-state index in [0.717, 1.165) is 6.07 Å².